The van der Waals surface area contributed by atoms with E-state index in [1.165, 1.54) is 5.56 Å². The molecule has 1 aliphatic rings. The maximum atomic E-state index is 12.5. The zero-order valence-corrected chi connectivity index (χ0v) is 14.3. The Hall–Kier alpha value is -2.76. The minimum atomic E-state index is 0.0484. The number of methoxy groups -OCH3 is 1. The van der Waals surface area contributed by atoms with Crippen molar-refractivity contribution in [2.45, 2.75) is 25.8 Å². The quantitative estimate of drug-likeness (QED) is 0.750. The summed E-state index contributed by atoms with van der Waals surface area (Å²) in [6.45, 7) is 1.46. The zero-order chi connectivity index (χ0) is 17.2. The summed E-state index contributed by atoms with van der Waals surface area (Å²) in [7, 11) is 1.67. The number of nitrogens with one attached hydrogen (secondary N) is 2. The Morgan fingerprint density at radius 1 is 1.44 bits per heavy atom. The maximum absolute atomic E-state index is 12.5. The molecule has 0 saturated carbocycles. The molecule has 1 amide bonds. The molecule has 2 aromatic heterocycles. The van der Waals surface area contributed by atoms with Gasteiger partial charge in [-0.15, -0.1) is 0 Å². The summed E-state index contributed by atoms with van der Waals surface area (Å²) in [6.07, 6.45) is 6.24. The summed E-state index contributed by atoms with van der Waals surface area (Å²) < 4.78 is 7.29. The van der Waals surface area contributed by atoms with Gasteiger partial charge in [-0.1, -0.05) is 0 Å². The summed E-state index contributed by atoms with van der Waals surface area (Å²) in [5.74, 6) is 1.04. The van der Waals surface area contributed by atoms with Crippen molar-refractivity contribution >= 4 is 16.8 Å². The third-order valence-corrected chi connectivity index (χ3v) is 4.99. The number of carbonyl (C=O) groups is 1. The van der Waals surface area contributed by atoms with Gasteiger partial charge < -0.3 is 15.0 Å². The summed E-state index contributed by atoms with van der Waals surface area (Å²) in [5, 5.41) is 8.50. The SMILES string of the molecule is COc1ccc2[nH]cc(CCNC(=O)C3CCn4nccc4C3)c2c1. The number of H-pyrrole nitrogens is 1. The van der Waals surface area contributed by atoms with Gasteiger partial charge in [0.1, 0.15) is 5.75 Å². The number of benzene rings is 1. The molecule has 2 N–H and O–H groups in total. The van der Waals surface area contributed by atoms with Gasteiger partial charge in [-0.3, -0.25) is 9.48 Å². The Bertz CT molecular complexity index is 896. The highest BCUT2D eigenvalue weighted by molar-refractivity contribution is 5.85. The Balaban J connectivity index is 1.36. The van der Waals surface area contributed by atoms with Crippen LogP contribution < -0.4 is 10.1 Å². The Morgan fingerprint density at radius 2 is 2.36 bits per heavy atom. The first-order chi connectivity index (χ1) is 12.2. The fourth-order valence-electron chi connectivity index (χ4n) is 3.55. The molecule has 3 aromatic rings. The molecule has 0 radical (unpaired) electrons. The van der Waals surface area contributed by atoms with Crippen LogP contribution in [-0.2, 0) is 24.2 Å². The number of rotatable bonds is 5. The number of amides is 1. The van der Waals surface area contributed by atoms with E-state index in [1.54, 1.807) is 13.3 Å². The average Bonchev–Trinajstić information content (AvgIpc) is 3.27. The molecular formula is C19H22N4O2. The first-order valence-corrected chi connectivity index (χ1v) is 8.67. The lowest BCUT2D eigenvalue weighted by atomic mass is 9.95. The van der Waals surface area contributed by atoms with Gasteiger partial charge in [-0.25, -0.2) is 0 Å². The normalized spacial score (nSPS) is 16.6. The van der Waals surface area contributed by atoms with Crippen molar-refractivity contribution in [3.05, 3.63) is 47.9 Å². The molecule has 0 saturated heterocycles. The number of fused-ring (bicyclic) bond motifs is 2. The van der Waals surface area contributed by atoms with Crippen LogP contribution in [0.4, 0.5) is 0 Å². The highest BCUT2D eigenvalue weighted by atomic mass is 16.5. The summed E-state index contributed by atoms with van der Waals surface area (Å²) in [5.41, 5.74) is 3.42. The van der Waals surface area contributed by atoms with Crippen LogP contribution in [0.5, 0.6) is 5.75 Å². The van der Waals surface area contributed by atoms with Gasteiger partial charge in [0.2, 0.25) is 5.91 Å². The van der Waals surface area contributed by atoms with Crippen molar-refractivity contribution in [2.75, 3.05) is 13.7 Å². The topological polar surface area (TPSA) is 71.9 Å². The largest absolute Gasteiger partial charge is 0.497 e. The molecule has 1 aliphatic heterocycles. The van der Waals surface area contributed by atoms with Gasteiger partial charge in [-0.2, -0.15) is 5.10 Å². The molecule has 0 spiro atoms. The monoisotopic (exact) mass is 338 g/mol. The highest BCUT2D eigenvalue weighted by Crippen LogP contribution is 2.24. The predicted molar refractivity (Wildman–Crippen MR) is 95.6 cm³/mol. The lowest BCUT2D eigenvalue weighted by Crippen LogP contribution is -2.36. The first kappa shape index (κ1) is 15.7. The predicted octanol–water partition coefficient (Wildman–Crippen LogP) is 2.29. The van der Waals surface area contributed by atoms with Gasteiger partial charge in [0.15, 0.2) is 0 Å². The van der Waals surface area contributed by atoms with E-state index >= 15 is 0 Å². The van der Waals surface area contributed by atoms with E-state index in [4.69, 9.17) is 4.74 Å². The van der Waals surface area contributed by atoms with Gasteiger partial charge in [0.05, 0.1) is 7.11 Å². The molecule has 3 heterocycles. The van der Waals surface area contributed by atoms with Crippen molar-refractivity contribution in [1.29, 1.82) is 0 Å². The van der Waals surface area contributed by atoms with Crippen LogP contribution in [0.3, 0.4) is 0 Å². The molecule has 0 fully saturated rings. The van der Waals surface area contributed by atoms with Crippen molar-refractivity contribution in [3.63, 3.8) is 0 Å². The van der Waals surface area contributed by atoms with Gasteiger partial charge in [0, 0.05) is 54.4 Å². The molecular weight excluding hydrogens is 316 g/mol. The lowest BCUT2D eigenvalue weighted by molar-refractivity contribution is -0.125. The molecule has 130 valence electrons. The van der Waals surface area contributed by atoms with E-state index in [-0.39, 0.29) is 11.8 Å². The highest BCUT2D eigenvalue weighted by Gasteiger charge is 2.24. The van der Waals surface area contributed by atoms with E-state index in [0.29, 0.717) is 6.54 Å². The number of hydrogen-bond acceptors (Lipinski definition) is 3. The molecule has 0 bridgehead atoms. The molecule has 6 heteroatoms. The molecule has 0 aliphatic carbocycles. The van der Waals surface area contributed by atoms with Crippen molar-refractivity contribution in [2.24, 2.45) is 5.92 Å². The first-order valence-electron chi connectivity index (χ1n) is 8.67. The number of aryl methyl sites for hydroxylation is 1. The van der Waals surface area contributed by atoms with E-state index in [0.717, 1.165) is 48.2 Å². The van der Waals surface area contributed by atoms with Crippen LogP contribution in [0.15, 0.2) is 36.7 Å². The average molecular weight is 338 g/mol. The van der Waals surface area contributed by atoms with E-state index in [2.05, 4.69) is 15.4 Å². The summed E-state index contributed by atoms with van der Waals surface area (Å²) in [6, 6.07) is 7.99. The van der Waals surface area contributed by atoms with Gasteiger partial charge in [-0.05, 0) is 42.7 Å². The molecule has 1 atom stereocenters. The van der Waals surface area contributed by atoms with Crippen LogP contribution in [0, 0.1) is 5.92 Å². The number of ether oxygens (including phenoxy) is 1. The fourth-order valence-corrected chi connectivity index (χ4v) is 3.55. The number of carbonyl (C=O) groups excluding carboxylic acids is 1. The third-order valence-electron chi connectivity index (χ3n) is 4.99. The minimum absolute atomic E-state index is 0.0484. The van der Waals surface area contributed by atoms with Crippen molar-refractivity contribution in [1.82, 2.24) is 20.1 Å². The Kier molecular flexibility index (Phi) is 4.17. The molecule has 1 unspecified atom stereocenters. The minimum Gasteiger partial charge on any atom is -0.497 e. The van der Waals surface area contributed by atoms with Gasteiger partial charge in [0.25, 0.3) is 0 Å². The molecule has 25 heavy (non-hydrogen) atoms. The number of hydrogen-bond donors (Lipinski definition) is 2. The lowest BCUT2D eigenvalue weighted by Gasteiger charge is -2.22. The van der Waals surface area contributed by atoms with Crippen LogP contribution in [0.2, 0.25) is 0 Å². The van der Waals surface area contributed by atoms with Crippen LogP contribution in [0.1, 0.15) is 17.7 Å². The number of aromatic amines is 1. The molecule has 1 aromatic carbocycles. The van der Waals surface area contributed by atoms with E-state index < -0.39 is 0 Å². The molecule has 6 nitrogen and oxygen atoms in total. The summed E-state index contributed by atoms with van der Waals surface area (Å²) >= 11 is 0. The number of aromatic nitrogens is 3. The molecule has 4 rings (SSSR count). The summed E-state index contributed by atoms with van der Waals surface area (Å²) in [4.78, 5) is 15.7. The van der Waals surface area contributed by atoms with Crippen LogP contribution in [0.25, 0.3) is 10.9 Å². The van der Waals surface area contributed by atoms with Crippen molar-refractivity contribution < 1.29 is 9.53 Å². The second-order valence-electron chi connectivity index (χ2n) is 6.50. The van der Waals surface area contributed by atoms with E-state index in [1.807, 2.05) is 35.1 Å². The third kappa shape index (κ3) is 3.12. The number of nitrogens with zero attached hydrogens (tertiary/aromatic N) is 2. The second-order valence-corrected chi connectivity index (χ2v) is 6.50. The Labute approximate surface area is 146 Å². The van der Waals surface area contributed by atoms with Gasteiger partial charge >= 0.3 is 0 Å². The van der Waals surface area contributed by atoms with Crippen molar-refractivity contribution in [3.8, 4) is 5.75 Å². The van der Waals surface area contributed by atoms with Crippen LogP contribution >= 0.6 is 0 Å². The standard InChI is InChI=1S/C19H22N4O2/c1-25-16-2-3-18-17(11-16)14(12-21-18)4-7-20-19(24)13-6-9-23-15(10-13)5-8-22-23/h2-3,5,8,11-13,21H,4,6-7,9-10H2,1H3,(H,20,24). The fraction of sp³-hybridized carbons (Fsp3) is 0.368. The zero-order valence-electron chi connectivity index (χ0n) is 14.3. The maximum Gasteiger partial charge on any atom is 0.223 e. The second kappa shape index (κ2) is 6.63. The van der Waals surface area contributed by atoms with E-state index in [9.17, 15) is 4.79 Å². The smallest absolute Gasteiger partial charge is 0.223 e. The van der Waals surface area contributed by atoms with Crippen LogP contribution in [-0.4, -0.2) is 34.3 Å². The Morgan fingerprint density at radius 3 is 3.24 bits per heavy atom.